The molecule has 0 aliphatic heterocycles. The van der Waals surface area contributed by atoms with Crippen LogP contribution in [0.5, 0.6) is 0 Å². The lowest BCUT2D eigenvalue weighted by Gasteiger charge is -2.46. The summed E-state index contributed by atoms with van der Waals surface area (Å²) in [6.45, 7) is 2.54. The molecule has 1 aliphatic carbocycles. The molecule has 2 aromatic rings. The molecule has 5 heteroatoms. The maximum absolute atomic E-state index is 12.4. The smallest absolute Gasteiger partial charge is 0.262 e. The van der Waals surface area contributed by atoms with Crippen molar-refractivity contribution in [1.29, 1.82) is 0 Å². The van der Waals surface area contributed by atoms with E-state index in [1.807, 2.05) is 31.2 Å². The molecule has 1 saturated carbocycles. The minimum absolute atomic E-state index is 0.0540. The van der Waals surface area contributed by atoms with Gasteiger partial charge in [-0.25, -0.2) is 0 Å². The minimum atomic E-state index is -0.271. The van der Waals surface area contributed by atoms with Crippen LogP contribution in [0.25, 0.3) is 0 Å². The molecular weight excluding hydrogens is 362 g/mol. The molecule has 1 aromatic heterocycles. The quantitative estimate of drug-likeness (QED) is 0.851. The second-order valence-electron chi connectivity index (χ2n) is 5.93. The molecule has 0 radical (unpaired) electrons. The molecule has 0 saturated heterocycles. The Balaban J connectivity index is 1.73. The Morgan fingerprint density at radius 1 is 1.41 bits per heavy atom. The van der Waals surface area contributed by atoms with Gasteiger partial charge in [0, 0.05) is 21.3 Å². The number of amides is 1. The van der Waals surface area contributed by atoms with Crippen LogP contribution >= 0.6 is 27.3 Å². The van der Waals surface area contributed by atoms with Gasteiger partial charge >= 0.3 is 0 Å². The lowest BCUT2D eigenvalue weighted by atomic mass is 9.62. The first-order valence-electron chi connectivity index (χ1n) is 7.28. The Kier molecular flexibility index (Phi) is 4.39. The van der Waals surface area contributed by atoms with Crippen molar-refractivity contribution in [3.63, 3.8) is 0 Å². The summed E-state index contributed by atoms with van der Waals surface area (Å²) >= 11 is 4.92. The van der Waals surface area contributed by atoms with Crippen molar-refractivity contribution in [2.75, 3.05) is 6.54 Å². The predicted molar refractivity (Wildman–Crippen MR) is 92.5 cm³/mol. The highest BCUT2D eigenvalue weighted by Crippen LogP contribution is 2.43. The van der Waals surface area contributed by atoms with E-state index < -0.39 is 0 Å². The number of hydrogen-bond acceptors (Lipinski definition) is 3. The zero-order chi connectivity index (χ0) is 15.7. The predicted octanol–water partition coefficient (Wildman–Crippen LogP) is 3.64. The third kappa shape index (κ3) is 2.98. The van der Waals surface area contributed by atoms with Gasteiger partial charge in [-0.1, -0.05) is 30.3 Å². The summed E-state index contributed by atoms with van der Waals surface area (Å²) in [5.41, 5.74) is 1.04. The van der Waals surface area contributed by atoms with Crippen LogP contribution in [0, 0.1) is 6.92 Å². The summed E-state index contributed by atoms with van der Waals surface area (Å²) in [7, 11) is 0. The number of halogens is 1. The summed E-state index contributed by atoms with van der Waals surface area (Å²) in [4.78, 5) is 14.2. The van der Waals surface area contributed by atoms with Crippen LogP contribution in [0.3, 0.4) is 0 Å². The van der Waals surface area contributed by atoms with Crippen LogP contribution in [-0.4, -0.2) is 23.7 Å². The minimum Gasteiger partial charge on any atom is -0.393 e. The number of benzene rings is 1. The summed E-state index contributed by atoms with van der Waals surface area (Å²) in [6.07, 6.45) is 1.12. The third-order valence-corrected chi connectivity index (χ3v) is 6.18. The van der Waals surface area contributed by atoms with E-state index in [9.17, 15) is 9.90 Å². The number of aryl methyl sites for hydroxylation is 1. The van der Waals surface area contributed by atoms with Crippen LogP contribution in [0.2, 0.25) is 0 Å². The number of rotatable bonds is 4. The molecule has 1 fully saturated rings. The van der Waals surface area contributed by atoms with Crippen LogP contribution < -0.4 is 5.32 Å². The molecule has 1 heterocycles. The zero-order valence-electron chi connectivity index (χ0n) is 12.3. The first-order valence-corrected chi connectivity index (χ1v) is 8.89. The van der Waals surface area contributed by atoms with Crippen LogP contribution in [-0.2, 0) is 5.41 Å². The number of thiophene rings is 1. The summed E-state index contributed by atoms with van der Waals surface area (Å²) < 4.78 is 0.843. The fourth-order valence-electron chi connectivity index (χ4n) is 3.08. The van der Waals surface area contributed by atoms with Crippen molar-refractivity contribution < 1.29 is 9.90 Å². The Morgan fingerprint density at radius 2 is 2.09 bits per heavy atom. The van der Waals surface area contributed by atoms with E-state index in [1.165, 1.54) is 16.9 Å². The molecule has 116 valence electrons. The molecule has 2 N–H and O–H groups in total. The highest BCUT2D eigenvalue weighted by atomic mass is 79.9. The number of hydrogen-bond donors (Lipinski definition) is 2. The van der Waals surface area contributed by atoms with Gasteiger partial charge in [0.15, 0.2) is 0 Å². The van der Waals surface area contributed by atoms with E-state index in [0.717, 1.165) is 9.35 Å². The van der Waals surface area contributed by atoms with Gasteiger partial charge in [0.25, 0.3) is 5.91 Å². The third-order valence-electron chi connectivity index (χ3n) is 4.24. The molecule has 0 unspecified atom stereocenters. The van der Waals surface area contributed by atoms with Crippen LogP contribution in [0.15, 0.2) is 40.9 Å². The van der Waals surface area contributed by atoms with Crippen molar-refractivity contribution >= 4 is 33.2 Å². The topological polar surface area (TPSA) is 49.3 Å². The SMILES string of the molecule is Cc1cc(Br)c(C(=O)NCC2(c3ccccc3)CC(O)C2)s1. The van der Waals surface area contributed by atoms with Gasteiger partial charge in [0.05, 0.1) is 6.10 Å². The Bertz CT molecular complexity index is 677. The average Bonchev–Trinajstić information content (AvgIpc) is 2.81. The summed E-state index contributed by atoms with van der Waals surface area (Å²) in [5.74, 6) is -0.0540. The van der Waals surface area contributed by atoms with E-state index in [2.05, 4.69) is 33.4 Å². The number of carbonyl (C=O) groups is 1. The van der Waals surface area contributed by atoms with Crippen molar-refractivity contribution in [3.8, 4) is 0 Å². The Morgan fingerprint density at radius 3 is 2.64 bits per heavy atom. The van der Waals surface area contributed by atoms with Crippen LogP contribution in [0.4, 0.5) is 0 Å². The Hall–Kier alpha value is -1.17. The largest absolute Gasteiger partial charge is 0.393 e. The number of aliphatic hydroxyl groups is 1. The van der Waals surface area contributed by atoms with E-state index in [4.69, 9.17) is 0 Å². The van der Waals surface area contributed by atoms with E-state index in [1.54, 1.807) is 0 Å². The fraction of sp³-hybridized carbons (Fsp3) is 0.353. The van der Waals surface area contributed by atoms with Gasteiger partial charge in [-0.3, -0.25) is 4.79 Å². The molecule has 3 rings (SSSR count). The van der Waals surface area contributed by atoms with Gasteiger partial charge in [-0.2, -0.15) is 0 Å². The molecular formula is C17H18BrNO2S. The van der Waals surface area contributed by atoms with Gasteiger partial charge in [0.2, 0.25) is 0 Å². The zero-order valence-corrected chi connectivity index (χ0v) is 14.7. The lowest BCUT2D eigenvalue weighted by Crippen LogP contribution is -2.52. The lowest BCUT2D eigenvalue weighted by molar-refractivity contribution is 0.0177. The standard InChI is InChI=1S/C17H18BrNO2S/c1-11-7-14(18)15(22-11)16(21)19-10-17(8-13(20)9-17)12-5-3-2-4-6-12/h2-7,13,20H,8-10H2,1H3,(H,19,21). The second-order valence-corrected chi connectivity index (χ2v) is 8.04. The van der Waals surface area contributed by atoms with Gasteiger partial charge in [-0.05, 0) is 47.3 Å². The molecule has 1 amide bonds. The number of carbonyl (C=O) groups excluding carboxylic acids is 1. The highest BCUT2D eigenvalue weighted by molar-refractivity contribution is 9.10. The first-order chi connectivity index (χ1) is 10.5. The first kappa shape index (κ1) is 15.7. The van der Waals surface area contributed by atoms with Crippen molar-refractivity contribution in [3.05, 3.63) is 56.2 Å². The summed E-state index contributed by atoms with van der Waals surface area (Å²) in [5, 5.41) is 12.8. The van der Waals surface area contributed by atoms with Gasteiger partial charge < -0.3 is 10.4 Å². The second kappa shape index (κ2) is 6.14. The molecule has 1 aliphatic rings. The van der Waals surface area contributed by atoms with Crippen molar-refractivity contribution in [1.82, 2.24) is 5.32 Å². The highest BCUT2D eigenvalue weighted by Gasteiger charge is 2.45. The molecule has 1 aromatic carbocycles. The van der Waals surface area contributed by atoms with Crippen molar-refractivity contribution in [2.24, 2.45) is 0 Å². The number of aliphatic hydroxyl groups excluding tert-OH is 1. The molecule has 0 spiro atoms. The normalized spacial score (nSPS) is 23.9. The summed E-state index contributed by atoms with van der Waals surface area (Å²) in [6, 6.07) is 12.1. The molecule has 0 bridgehead atoms. The van der Waals surface area contributed by atoms with E-state index in [-0.39, 0.29) is 17.4 Å². The van der Waals surface area contributed by atoms with E-state index >= 15 is 0 Å². The van der Waals surface area contributed by atoms with Crippen molar-refractivity contribution in [2.45, 2.75) is 31.3 Å². The Labute approximate surface area is 142 Å². The average molecular weight is 380 g/mol. The maximum Gasteiger partial charge on any atom is 0.262 e. The van der Waals surface area contributed by atoms with E-state index in [0.29, 0.717) is 24.3 Å². The fourth-order valence-corrected chi connectivity index (χ4v) is 4.82. The van der Waals surface area contributed by atoms with Crippen LogP contribution in [0.1, 0.15) is 33.0 Å². The van der Waals surface area contributed by atoms with Gasteiger partial charge in [-0.15, -0.1) is 11.3 Å². The maximum atomic E-state index is 12.4. The molecule has 3 nitrogen and oxygen atoms in total. The monoisotopic (exact) mass is 379 g/mol. The number of nitrogens with one attached hydrogen (secondary N) is 1. The van der Waals surface area contributed by atoms with Gasteiger partial charge in [0.1, 0.15) is 4.88 Å². The molecule has 22 heavy (non-hydrogen) atoms. The molecule has 0 atom stereocenters.